The van der Waals surface area contributed by atoms with Crippen molar-refractivity contribution >= 4 is 17.6 Å². The molecular formula is C9H7ClN4O2. The SMILES string of the molecule is O=C(O)c1cc(Cl)nc(Cn2ccnc2)n1. The Balaban J connectivity index is 2.31. The second-order valence-electron chi connectivity index (χ2n) is 3.03. The lowest BCUT2D eigenvalue weighted by Crippen LogP contribution is -2.08. The number of hydrogen-bond acceptors (Lipinski definition) is 4. The van der Waals surface area contributed by atoms with E-state index in [1.807, 2.05) is 0 Å². The molecule has 2 rings (SSSR count). The zero-order valence-corrected chi connectivity index (χ0v) is 8.79. The van der Waals surface area contributed by atoms with E-state index >= 15 is 0 Å². The van der Waals surface area contributed by atoms with Crippen molar-refractivity contribution in [1.29, 1.82) is 0 Å². The molecule has 0 saturated carbocycles. The van der Waals surface area contributed by atoms with Gasteiger partial charge in [-0.3, -0.25) is 0 Å². The molecular weight excluding hydrogens is 232 g/mol. The van der Waals surface area contributed by atoms with Crippen LogP contribution >= 0.6 is 11.6 Å². The molecule has 0 atom stereocenters. The summed E-state index contributed by atoms with van der Waals surface area (Å²) < 4.78 is 1.72. The maximum Gasteiger partial charge on any atom is 0.354 e. The molecule has 0 radical (unpaired) electrons. The van der Waals surface area contributed by atoms with Crippen molar-refractivity contribution in [3.8, 4) is 0 Å². The molecule has 7 heteroatoms. The Labute approximate surface area is 95.6 Å². The number of aromatic nitrogens is 4. The molecule has 2 heterocycles. The minimum absolute atomic E-state index is 0.113. The van der Waals surface area contributed by atoms with E-state index in [4.69, 9.17) is 16.7 Å². The fourth-order valence-electron chi connectivity index (χ4n) is 1.19. The van der Waals surface area contributed by atoms with E-state index in [9.17, 15) is 4.79 Å². The van der Waals surface area contributed by atoms with Crippen molar-refractivity contribution in [2.75, 3.05) is 0 Å². The Kier molecular flexibility index (Phi) is 2.82. The van der Waals surface area contributed by atoms with Crippen molar-refractivity contribution in [2.24, 2.45) is 0 Å². The highest BCUT2D eigenvalue weighted by Crippen LogP contribution is 2.08. The first-order valence-electron chi connectivity index (χ1n) is 4.37. The molecule has 0 aliphatic rings. The summed E-state index contributed by atoms with van der Waals surface area (Å²) in [5, 5.41) is 8.91. The number of carbonyl (C=O) groups is 1. The Morgan fingerprint density at radius 3 is 2.94 bits per heavy atom. The molecule has 2 aromatic rings. The summed E-state index contributed by atoms with van der Waals surface area (Å²) in [4.78, 5) is 22.4. The van der Waals surface area contributed by atoms with Gasteiger partial charge in [-0.2, -0.15) is 0 Å². The summed E-state index contributed by atoms with van der Waals surface area (Å²) in [6.07, 6.45) is 4.93. The molecule has 0 aliphatic heterocycles. The van der Waals surface area contributed by atoms with Crippen LogP contribution in [-0.2, 0) is 6.54 Å². The van der Waals surface area contributed by atoms with Crippen molar-refractivity contribution in [2.45, 2.75) is 6.54 Å². The summed E-state index contributed by atoms with van der Waals surface area (Å²) in [5.41, 5.74) is -0.116. The van der Waals surface area contributed by atoms with E-state index in [2.05, 4.69) is 15.0 Å². The molecule has 0 aliphatic carbocycles. The standard InChI is InChI=1S/C9H7ClN4O2/c10-7-3-6(9(15)16)12-8(13-7)4-14-2-1-11-5-14/h1-3,5H,4H2,(H,15,16). The predicted octanol–water partition coefficient (Wildman–Crippen LogP) is 1.07. The summed E-state index contributed by atoms with van der Waals surface area (Å²) in [6.45, 7) is 0.334. The number of carboxylic acid groups (broad SMARTS) is 1. The summed E-state index contributed by atoms with van der Waals surface area (Å²) in [6, 6.07) is 1.21. The van der Waals surface area contributed by atoms with E-state index in [1.165, 1.54) is 6.07 Å². The van der Waals surface area contributed by atoms with Crippen LogP contribution in [-0.4, -0.2) is 30.6 Å². The molecule has 16 heavy (non-hydrogen) atoms. The van der Waals surface area contributed by atoms with Crippen LogP contribution in [0.1, 0.15) is 16.3 Å². The predicted molar refractivity (Wildman–Crippen MR) is 55.3 cm³/mol. The molecule has 1 N–H and O–H groups in total. The largest absolute Gasteiger partial charge is 0.477 e. The highest BCUT2D eigenvalue weighted by Gasteiger charge is 2.09. The third-order valence-electron chi connectivity index (χ3n) is 1.84. The van der Waals surface area contributed by atoms with E-state index in [1.54, 1.807) is 23.3 Å². The second kappa shape index (κ2) is 4.28. The average Bonchev–Trinajstić information content (AvgIpc) is 2.69. The Bertz CT molecular complexity index is 512. The number of nitrogens with zero attached hydrogens (tertiary/aromatic N) is 4. The number of aromatic carboxylic acids is 1. The van der Waals surface area contributed by atoms with Crippen molar-refractivity contribution in [3.05, 3.63) is 41.5 Å². The molecule has 0 amide bonds. The van der Waals surface area contributed by atoms with Gasteiger partial charge < -0.3 is 9.67 Å². The van der Waals surface area contributed by atoms with E-state index in [0.717, 1.165) is 0 Å². The van der Waals surface area contributed by atoms with Crippen LogP contribution in [0, 0.1) is 0 Å². The normalized spacial score (nSPS) is 10.3. The van der Waals surface area contributed by atoms with Crippen LogP contribution in [0.5, 0.6) is 0 Å². The minimum Gasteiger partial charge on any atom is -0.477 e. The van der Waals surface area contributed by atoms with Gasteiger partial charge in [-0.25, -0.2) is 19.7 Å². The number of halogens is 1. The third-order valence-corrected chi connectivity index (χ3v) is 2.04. The van der Waals surface area contributed by atoms with Gasteiger partial charge in [0, 0.05) is 18.5 Å². The van der Waals surface area contributed by atoms with Crippen LogP contribution in [0.25, 0.3) is 0 Å². The highest BCUT2D eigenvalue weighted by molar-refractivity contribution is 6.29. The molecule has 0 fully saturated rings. The average molecular weight is 239 g/mol. The lowest BCUT2D eigenvalue weighted by molar-refractivity contribution is 0.0690. The van der Waals surface area contributed by atoms with Crippen molar-refractivity contribution in [1.82, 2.24) is 19.5 Å². The molecule has 0 spiro atoms. The zero-order valence-electron chi connectivity index (χ0n) is 8.04. The maximum absolute atomic E-state index is 10.7. The van der Waals surface area contributed by atoms with Crippen LogP contribution in [0.4, 0.5) is 0 Å². The topological polar surface area (TPSA) is 80.9 Å². The van der Waals surface area contributed by atoms with Crippen LogP contribution in [0.15, 0.2) is 24.8 Å². The minimum atomic E-state index is -1.13. The fourth-order valence-corrected chi connectivity index (χ4v) is 1.39. The Morgan fingerprint density at radius 2 is 2.31 bits per heavy atom. The number of rotatable bonds is 3. The van der Waals surface area contributed by atoms with Gasteiger partial charge in [0.15, 0.2) is 11.5 Å². The monoisotopic (exact) mass is 238 g/mol. The summed E-state index contributed by atoms with van der Waals surface area (Å²) in [7, 11) is 0. The van der Waals surface area contributed by atoms with Crippen molar-refractivity contribution in [3.63, 3.8) is 0 Å². The quantitative estimate of drug-likeness (QED) is 0.809. The molecule has 0 bridgehead atoms. The Hall–Kier alpha value is -1.95. The van der Waals surface area contributed by atoms with Gasteiger partial charge >= 0.3 is 5.97 Å². The molecule has 82 valence electrons. The van der Waals surface area contributed by atoms with Gasteiger partial charge in [-0.1, -0.05) is 11.6 Å². The first-order valence-corrected chi connectivity index (χ1v) is 4.75. The second-order valence-corrected chi connectivity index (χ2v) is 3.42. The van der Waals surface area contributed by atoms with E-state index < -0.39 is 5.97 Å². The molecule has 6 nitrogen and oxygen atoms in total. The Morgan fingerprint density at radius 1 is 1.50 bits per heavy atom. The van der Waals surface area contributed by atoms with Gasteiger partial charge in [0.25, 0.3) is 0 Å². The lowest BCUT2D eigenvalue weighted by atomic mass is 10.4. The zero-order chi connectivity index (χ0) is 11.5. The smallest absolute Gasteiger partial charge is 0.354 e. The van der Waals surface area contributed by atoms with Gasteiger partial charge in [-0.05, 0) is 0 Å². The highest BCUT2D eigenvalue weighted by atomic mass is 35.5. The lowest BCUT2D eigenvalue weighted by Gasteiger charge is -2.02. The first-order chi connectivity index (χ1) is 7.65. The first kappa shape index (κ1) is 10.6. The number of carboxylic acids is 1. The molecule has 0 unspecified atom stereocenters. The van der Waals surface area contributed by atoms with E-state index in [0.29, 0.717) is 12.4 Å². The van der Waals surface area contributed by atoms with Gasteiger partial charge in [0.2, 0.25) is 0 Å². The third kappa shape index (κ3) is 2.34. The van der Waals surface area contributed by atoms with Crippen LogP contribution in [0.3, 0.4) is 0 Å². The fraction of sp³-hybridized carbons (Fsp3) is 0.111. The number of imidazole rings is 1. The van der Waals surface area contributed by atoms with Gasteiger partial charge in [-0.15, -0.1) is 0 Å². The van der Waals surface area contributed by atoms with Crippen LogP contribution in [0.2, 0.25) is 5.15 Å². The van der Waals surface area contributed by atoms with Gasteiger partial charge in [0.1, 0.15) is 5.15 Å². The number of hydrogen-bond donors (Lipinski definition) is 1. The summed E-state index contributed by atoms with van der Waals surface area (Å²) >= 11 is 5.69. The maximum atomic E-state index is 10.7. The van der Waals surface area contributed by atoms with Crippen LogP contribution < -0.4 is 0 Å². The van der Waals surface area contributed by atoms with Gasteiger partial charge in [0.05, 0.1) is 12.9 Å². The molecule has 2 aromatic heterocycles. The van der Waals surface area contributed by atoms with E-state index in [-0.39, 0.29) is 10.8 Å². The van der Waals surface area contributed by atoms with Crippen molar-refractivity contribution < 1.29 is 9.90 Å². The summed E-state index contributed by atoms with van der Waals surface area (Å²) in [5.74, 6) is -0.793. The molecule has 0 saturated heterocycles. The molecule has 0 aromatic carbocycles.